The van der Waals surface area contributed by atoms with Gasteiger partial charge in [-0.15, -0.1) is 0 Å². The van der Waals surface area contributed by atoms with Gasteiger partial charge in [0.25, 0.3) is 0 Å². The van der Waals surface area contributed by atoms with Gasteiger partial charge in [-0.1, -0.05) is 11.8 Å². The van der Waals surface area contributed by atoms with E-state index in [2.05, 4.69) is 30.9 Å². The first-order chi connectivity index (χ1) is 18.7. The highest BCUT2D eigenvalue weighted by atomic mass is 32.2. The van der Waals surface area contributed by atoms with Crippen LogP contribution in [0.3, 0.4) is 0 Å². The average molecular weight is 567 g/mol. The molecule has 2 aromatic rings. The number of aromatic nitrogens is 4. The standard InChI is InChI=1S/C21H26N8O9S/c30-5-9-15(33)16(34)19(37-9)29-8-24-14-17(22-7-23-18(14)29)27-12(32)2-1-11(31)25-10-3-4-28(20(35)26-10)13-6-39-21(36)38-13/h3-4,7-10,13,15-16,19,21,30,33-34,36H,1-2,5-6H2,(H,25,31)(H,26,35)(H,22,23,27,32). The van der Waals surface area contributed by atoms with E-state index < -0.39 is 67.0 Å². The second-order valence-electron chi connectivity index (χ2n) is 8.80. The minimum absolute atomic E-state index is 0.0656. The maximum atomic E-state index is 12.5. The van der Waals surface area contributed by atoms with Crippen molar-refractivity contribution < 1.29 is 44.3 Å². The Hall–Kier alpha value is -3.39. The molecule has 0 saturated carbocycles. The average Bonchev–Trinajstić information content (AvgIpc) is 3.61. The normalized spacial score (nSPS) is 30.5. The van der Waals surface area contributed by atoms with Crippen LogP contribution in [0.2, 0.25) is 0 Å². The first kappa shape index (κ1) is 27.2. The van der Waals surface area contributed by atoms with E-state index in [1.807, 2.05) is 0 Å². The summed E-state index contributed by atoms with van der Waals surface area (Å²) >= 11 is 1.15. The zero-order valence-corrected chi connectivity index (χ0v) is 21.0. The summed E-state index contributed by atoms with van der Waals surface area (Å²) in [5.41, 5.74) is -0.612. The van der Waals surface area contributed by atoms with Crippen molar-refractivity contribution in [3.8, 4) is 0 Å². The number of thioether (sulfide) groups is 1. The number of carbonyl (C=O) groups is 3. The number of hydrogen-bond acceptors (Lipinski definition) is 13. The number of amides is 4. The van der Waals surface area contributed by atoms with Crippen molar-refractivity contribution in [2.75, 3.05) is 17.7 Å². The molecule has 4 amide bonds. The van der Waals surface area contributed by atoms with Crippen molar-refractivity contribution in [1.29, 1.82) is 0 Å². The fourth-order valence-electron chi connectivity index (χ4n) is 4.24. The summed E-state index contributed by atoms with van der Waals surface area (Å²) in [6, 6.07) is -0.510. The van der Waals surface area contributed by atoms with E-state index in [0.717, 1.165) is 11.8 Å². The van der Waals surface area contributed by atoms with E-state index in [0.29, 0.717) is 5.75 Å². The van der Waals surface area contributed by atoms with Gasteiger partial charge in [-0.3, -0.25) is 19.1 Å². The highest BCUT2D eigenvalue weighted by Gasteiger charge is 2.44. The van der Waals surface area contributed by atoms with Gasteiger partial charge in [0.2, 0.25) is 17.4 Å². The smallest absolute Gasteiger partial charge is 0.325 e. The Balaban J connectivity index is 1.14. The van der Waals surface area contributed by atoms with Gasteiger partial charge in [-0.2, -0.15) is 0 Å². The number of rotatable bonds is 8. The van der Waals surface area contributed by atoms with Crippen LogP contribution < -0.4 is 16.0 Å². The molecule has 7 unspecified atom stereocenters. The summed E-state index contributed by atoms with van der Waals surface area (Å²) in [6.07, 6.45) is -1.04. The predicted octanol–water partition coefficient (Wildman–Crippen LogP) is -2.50. The third kappa shape index (κ3) is 5.66. The van der Waals surface area contributed by atoms with Crippen LogP contribution in [0.25, 0.3) is 11.2 Å². The van der Waals surface area contributed by atoms with Gasteiger partial charge in [0.15, 0.2) is 29.4 Å². The molecular weight excluding hydrogens is 540 g/mol. The number of imidazole rings is 1. The maximum absolute atomic E-state index is 12.5. The van der Waals surface area contributed by atoms with Crippen LogP contribution in [0, 0.1) is 0 Å². The topological polar surface area (TPSA) is 234 Å². The van der Waals surface area contributed by atoms with Crippen LogP contribution in [-0.2, 0) is 19.1 Å². The Morgan fingerprint density at radius 1 is 1.13 bits per heavy atom. The summed E-state index contributed by atoms with van der Waals surface area (Å²) < 4.78 is 12.1. The van der Waals surface area contributed by atoms with Crippen molar-refractivity contribution in [1.82, 2.24) is 35.1 Å². The second-order valence-corrected chi connectivity index (χ2v) is 9.87. The van der Waals surface area contributed by atoms with Crippen LogP contribution in [0.4, 0.5) is 10.6 Å². The molecule has 2 aromatic heterocycles. The summed E-state index contributed by atoms with van der Waals surface area (Å²) in [7, 11) is 0. The quantitative estimate of drug-likeness (QED) is 0.175. The van der Waals surface area contributed by atoms with Gasteiger partial charge in [-0.25, -0.2) is 19.7 Å². The molecule has 17 nitrogen and oxygen atoms in total. The Labute approximate surface area is 224 Å². The molecule has 5 heterocycles. The molecule has 3 aliphatic heterocycles. The summed E-state index contributed by atoms with van der Waals surface area (Å²) in [4.78, 5) is 50.8. The molecule has 0 radical (unpaired) electrons. The number of urea groups is 1. The van der Waals surface area contributed by atoms with Crippen molar-refractivity contribution in [2.45, 2.75) is 55.4 Å². The number of carbonyl (C=O) groups excluding carboxylic acids is 3. The van der Waals surface area contributed by atoms with Crippen molar-refractivity contribution in [3.05, 3.63) is 24.9 Å². The monoisotopic (exact) mass is 566 g/mol. The van der Waals surface area contributed by atoms with Crippen LogP contribution in [0.15, 0.2) is 24.9 Å². The van der Waals surface area contributed by atoms with Crippen molar-refractivity contribution in [2.24, 2.45) is 0 Å². The molecule has 0 bridgehead atoms. The fraction of sp³-hybridized carbons (Fsp3) is 0.524. The summed E-state index contributed by atoms with van der Waals surface area (Å²) in [5, 5.41) is 46.8. The van der Waals surface area contributed by atoms with E-state index in [4.69, 9.17) is 9.47 Å². The third-order valence-electron chi connectivity index (χ3n) is 6.22. The minimum Gasteiger partial charge on any atom is -0.394 e. The fourth-order valence-corrected chi connectivity index (χ4v) is 5.02. The zero-order chi connectivity index (χ0) is 27.7. The number of anilines is 1. The molecular formula is C21H26N8O9S. The Bertz CT molecular complexity index is 1280. The molecule has 39 heavy (non-hydrogen) atoms. The van der Waals surface area contributed by atoms with Crippen LogP contribution >= 0.6 is 11.8 Å². The molecule has 2 saturated heterocycles. The van der Waals surface area contributed by atoms with Gasteiger partial charge in [0, 0.05) is 24.8 Å². The van der Waals surface area contributed by atoms with E-state index in [1.54, 1.807) is 6.08 Å². The Morgan fingerprint density at radius 3 is 2.62 bits per heavy atom. The number of ether oxygens (including phenoxy) is 2. The number of hydrogen-bond donors (Lipinski definition) is 7. The van der Waals surface area contributed by atoms with E-state index in [1.165, 1.54) is 28.3 Å². The highest BCUT2D eigenvalue weighted by molar-refractivity contribution is 7.99. The first-order valence-corrected chi connectivity index (χ1v) is 12.9. The minimum atomic E-state index is -1.35. The van der Waals surface area contributed by atoms with Gasteiger partial charge < -0.3 is 45.9 Å². The highest BCUT2D eigenvalue weighted by Crippen LogP contribution is 2.32. The Morgan fingerprint density at radius 2 is 1.92 bits per heavy atom. The van der Waals surface area contributed by atoms with Gasteiger partial charge >= 0.3 is 6.03 Å². The first-order valence-electron chi connectivity index (χ1n) is 11.9. The molecule has 3 aliphatic rings. The van der Waals surface area contributed by atoms with Gasteiger partial charge in [-0.05, 0) is 6.08 Å². The van der Waals surface area contributed by atoms with E-state index in [9.17, 15) is 34.8 Å². The number of aliphatic hydroxyl groups is 4. The molecule has 7 atom stereocenters. The number of fused-ring (bicyclic) bond motifs is 1. The summed E-state index contributed by atoms with van der Waals surface area (Å²) in [6.45, 7) is -0.493. The number of aliphatic hydroxyl groups excluding tert-OH is 4. The lowest BCUT2D eigenvalue weighted by atomic mass is 10.1. The lowest BCUT2D eigenvalue weighted by Crippen LogP contribution is -2.55. The van der Waals surface area contributed by atoms with Crippen molar-refractivity contribution in [3.63, 3.8) is 0 Å². The SMILES string of the molecule is O=C(CCC(=O)NC1C=CN(C2CSC(O)O2)C(=O)N1)Nc1ncnc2c1ncn2C1OC(CO)C(O)C1O. The van der Waals surface area contributed by atoms with Gasteiger partial charge in [0.1, 0.15) is 30.8 Å². The molecule has 18 heteroatoms. The molecule has 2 fully saturated rings. The van der Waals surface area contributed by atoms with Crippen molar-refractivity contribution >= 4 is 46.6 Å². The lowest BCUT2D eigenvalue weighted by molar-refractivity contribution is -0.124. The molecule has 5 rings (SSSR count). The van der Waals surface area contributed by atoms with Crippen LogP contribution in [0.5, 0.6) is 0 Å². The third-order valence-corrected chi connectivity index (χ3v) is 7.10. The Kier molecular flexibility index (Phi) is 7.93. The molecule has 210 valence electrons. The molecule has 7 N–H and O–H groups in total. The number of nitrogens with zero attached hydrogens (tertiary/aromatic N) is 5. The van der Waals surface area contributed by atoms with Crippen LogP contribution in [0.1, 0.15) is 19.1 Å². The molecule has 0 spiro atoms. The zero-order valence-electron chi connectivity index (χ0n) is 20.2. The predicted molar refractivity (Wildman–Crippen MR) is 131 cm³/mol. The second kappa shape index (κ2) is 11.4. The van der Waals surface area contributed by atoms with Gasteiger partial charge in [0.05, 0.1) is 12.9 Å². The molecule has 0 aromatic carbocycles. The maximum Gasteiger partial charge on any atom is 0.325 e. The molecule has 0 aliphatic carbocycles. The van der Waals surface area contributed by atoms with E-state index in [-0.39, 0.29) is 29.8 Å². The van der Waals surface area contributed by atoms with E-state index >= 15 is 0 Å². The number of nitrogens with one attached hydrogen (secondary N) is 3. The largest absolute Gasteiger partial charge is 0.394 e. The lowest BCUT2D eigenvalue weighted by Gasteiger charge is -2.31. The van der Waals surface area contributed by atoms with Crippen LogP contribution in [-0.4, -0.2) is 111 Å². The summed E-state index contributed by atoms with van der Waals surface area (Å²) in [5.74, 6) is -0.557.